The predicted molar refractivity (Wildman–Crippen MR) is 113 cm³/mol. The van der Waals surface area contributed by atoms with Crippen molar-refractivity contribution in [3.05, 3.63) is 0 Å². The molecular formula is C19H35IN4O. The maximum absolute atomic E-state index is 5.95. The van der Waals surface area contributed by atoms with Gasteiger partial charge in [0.25, 0.3) is 0 Å². The zero-order chi connectivity index (χ0) is 16.7. The summed E-state index contributed by atoms with van der Waals surface area (Å²) in [6.07, 6.45) is 5.68. The van der Waals surface area contributed by atoms with E-state index in [0.717, 1.165) is 38.2 Å². The highest BCUT2D eigenvalue weighted by Gasteiger charge is 2.59. The minimum absolute atomic E-state index is 0. The third kappa shape index (κ3) is 3.55. The van der Waals surface area contributed by atoms with E-state index in [0.29, 0.717) is 18.1 Å². The fourth-order valence-corrected chi connectivity index (χ4v) is 5.48. The van der Waals surface area contributed by atoms with Crippen LogP contribution in [0.2, 0.25) is 0 Å². The van der Waals surface area contributed by atoms with E-state index in [4.69, 9.17) is 9.73 Å². The van der Waals surface area contributed by atoms with E-state index in [1.165, 1.54) is 38.8 Å². The second kappa shape index (κ2) is 7.89. The molecule has 4 rings (SSSR count). The number of likely N-dealkylation sites (tertiary alicyclic amines) is 2. The summed E-state index contributed by atoms with van der Waals surface area (Å²) in [7, 11) is 0. The predicted octanol–water partition coefficient (Wildman–Crippen LogP) is 2.55. The molecule has 4 atom stereocenters. The Bertz CT molecular complexity index is 492. The van der Waals surface area contributed by atoms with Crippen molar-refractivity contribution in [1.82, 2.24) is 15.1 Å². The molecule has 1 aliphatic carbocycles. The number of nitrogens with one attached hydrogen (secondary N) is 1. The molecule has 0 aromatic heterocycles. The van der Waals surface area contributed by atoms with Crippen molar-refractivity contribution in [2.45, 2.75) is 64.6 Å². The van der Waals surface area contributed by atoms with Gasteiger partial charge >= 0.3 is 0 Å². The molecule has 1 saturated carbocycles. The lowest BCUT2D eigenvalue weighted by Gasteiger charge is -2.55. The molecule has 4 fully saturated rings. The Morgan fingerprint density at radius 1 is 1.20 bits per heavy atom. The summed E-state index contributed by atoms with van der Waals surface area (Å²) in [6.45, 7) is 13.5. The molecule has 6 heteroatoms. The van der Waals surface area contributed by atoms with Crippen LogP contribution in [0, 0.1) is 11.3 Å². The molecule has 3 saturated heterocycles. The van der Waals surface area contributed by atoms with Gasteiger partial charge < -0.3 is 15.0 Å². The third-order valence-corrected chi connectivity index (χ3v) is 6.81. The Kier molecular flexibility index (Phi) is 6.21. The van der Waals surface area contributed by atoms with Gasteiger partial charge in [-0.15, -0.1) is 24.0 Å². The van der Waals surface area contributed by atoms with Crippen molar-refractivity contribution >= 4 is 29.9 Å². The molecule has 3 heterocycles. The van der Waals surface area contributed by atoms with Crippen LogP contribution in [0.5, 0.6) is 0 Å². The van der Waals surface area contributed by atoms with E-state index in [1.807, 2.05) is 0 Å². The van der Waals surface area contributed by atoms with E-state index in [9.17, 15) is 0 Å². The first-order valence-corrected chi connectivity index (χ1v) is 10.0. The van der Waals surface area contributed by atoms with Gasteiger partial charge in [0, 0.05) is 49.7 Å². The van der Waals surface area contributed by atoms with Gasteiger partial charge in [-0.3, -0.25) is 9.89 Å². The summed E-state index contributed by atoms with van der Waals surface area (Å²) < 4.78 is 5.95. The standard InChI is InChI=1S/C19H34N4O.HI/c1-4-20-18(21-16-15-8-12-24-17(15)19(16,2)3)23-11-7-14(13-23)22-9-5-6-10-22;/h14-17H,4-13H2,1-3H3,(H,20,21);1H. The average Bonchev–Trinajstić information content (AvgIpc) is 3.31. The van der Waals surface area contributed by atoms with Gasteiger partial charge in [0.2, 0.25) is 0 Å². The van der Waals surface area contributed by atoms with Gasteiger partial charge in [-0.05, 0) is 45.7 Å². The normalized spacial score (nSPS) is 37.6. The lowest BCUT2D eigenvalue weighted by molar-refractivity contribution is -0.107. The van der Waals surface area contributed by atoms with Crippen molar-refractivity contribution in [1.29, 1.82) is 0 Å². The van der Waals surface area contributed by atoms with Crippen LogP contribution < -0.4 is 5.32 Å². The first kappa shape index (κ1) is 19.7. The zero-order valence-corrected chi connectivity index (χ0v) is 18.4. The van der Waals surface area contributed by atoms with E-state index >= 15 is 0 Å². The van der Waals surface area contributed by atoms with Crippen LogP contribution in [0.25, 0.3) is 0 Å². The Morgan fingerprint density at radius 3 is 2.68 bits per heavy atom. The largest absolute Gasteiger partial charge is 0.377 e. The number of halogens is 1. The van der Waals surface area contributed by atoms with Crippen LogP contribution >= 0.6 is 24.0 Å². The molecule has 0 aromatic rings. The third-order valence-electron chi connectivity index (χ3n) is 6.81. The van der Waals surface area contributed by atoms with Crippen molar-refractivity contribution in [2.75, 3.05) is 39.3 Å². The molecule has 25 heavy (non-hydrogen) atoms. The van der Waals surface area contributed by atoms with Crippen LogP contribution in [-0.4, -0.2) is 73.3 Å². The van der Waals surface area contributed by atoms with Crippen molar-refractivity contribution in [3.8, 4) is 0 Å². The Morgan fingerprint density at radius 2 is 1.96 bits per heavy atom. The van der Waals surface area contributed by atoms with Crippen molar-refractivity contribution in [3.63, 3.8) is 0 Å². The molecule has 0 aromatic carbocycles. The quantitative estimate of drug-likeness (QED) is 0.398. The highest BCUT2D eigenvalue weighted by molar-refractivity contribution is 14.0. The maximum Gasteiger partial charge on any atom is 0.194 e. The molecule has 5 nitrogen and oxygen atoms in total. The maximum atomic E-state index is 5.95. The molecule has 3 aliphatic heterocycles. The highest BCUT2D eigenvalue weighted by atomic mass is 127. The van der Waals surface area contributed by atoms with E-state index in [1.54, 1.807) is 0 Å². The number of hydrogen-bond donors (Lipinski definition) is 1. The second-order valence-corrected chi connectivity index (χ2v) is 8.62. The fourth-order valence-electron chi connectivity index (χ4n) is 5.48. The molecule has 0 radical (unpaired) electrons. The lowest BCUT2D eigenvalue weighted by Crippen LogP contribution is -2.68. The molecular weight excluding hydrogens is 427 g/mol. The molecule has 0 spiro atoms. The summed E-state index contributed by atoms with van der Waals surface area (Å²) in [5, 5.41) is 3.85. The zero-order valence-electron chi connectivity index (χ0n) is 16.0. The van der Waals surface area contributed by atoms with Crippen LogP contribution in [0.1, 0.15) is 46.5 Å². The van der Waals surface area contributed by atoms with Gasteiger partial charge in [-0.25, -0.2) is 0 Å². The van der Waals surface area contributed by atoms with E-state index < -0.39 is 0 Å². The van der Waals surface area contributed by atoms with E-state index in [-0.39, 0.29) is 29.4 Å². The van der Waals surface area contributed by atoms with Gasteiger partial charge in [0.05, 0.1) is 6.10 Å². The molecule has 0 amide bonds. The Hall–Kier alpha value is -0.0800. The van der Waals surface area contributed by atoms with Gasteiger partial charge in [0.1, 0.15) is 0 Å². The number of hydrogen-bond acceptors (Lipinski definition) is 3. The Labute approximate surface area is 170 Å². The van der Waals surface area contributed by atoms with Crippen LogP contribution in [0.15, 0.2) is 4.99 Å². The number of ether oxygens (including phenoxy) is 1. The summed E-state index contributed by atoms with van der Waals surface area (Å²) in [5.74, 6) is 1.81. The number of fused-ring (bicyclic) bond motifs is 1. The second-order valence-electron chi connectivity index (χ2n) is 8.62. The van der Waals surface area contributed by atoms with Gasteiger partial charge in [0.15, 0.2) is 5.96 Å². The minimum atomic E-state index is 0. The molecule has 4 unspecified atom stereocenters. The summed E-state index contributed by atoms with van der Waals surface area (Å²) in [4.78, 5) is 10.0. The molecule has 4 aliphatic rings. The summed E-state index contributed by atoms with van der Waals surface area (Å²) in [6, 6.07) is 1.23. The van der Waals surface area contributed by atoms with Crippen LogP contribution in [-0.2, 0) is 4.74 Å². The number of rotatable bonds is 3. The monoisotopic (exact) mass is 462 g/mol. The van der Waals surface area contributed by atoms with Gasteiger partial charge in [-0.1, -0.05) is 13.8 Å². The summed E-state index contributed by atoms with van der Waals surface area (Å²) in [5.41, 5.74) is 0.212. The smallest absolute Gasteiger partial charge is 0.194 e. The number of aliphatic imine (C=N–C) groups is 1. The van der Waals surface area contributed by atoms with Gasteiger partial charge in [-0.2, -0.15) is 0 Å². The van der Waals surface area contributed by atoms with E-state index in [2.05, 4.69) is 35.9 Å². The highest BCUT2D eigenvalue weighted by Crippen LogP contribution is 2.52. The molecule has 0 bridgehead atoms. The Balaban J connectivity index is 0.00000182. The minimum Gasteiger partial charge on any atom is -0.377 e. The first-order chi connectivity index (χ1) is 11.6. The van der Waals surface area contributed by atoms with Crippen LogP contribution in [0.3, 0.4) is 0 Å². The summed E-state index contributed by atoms with van der Waals surface area (Å²) >= 11 is 0. The van der Waals surface area contributed by atoms with Crippen molar-refractivity contribution < 1.29 is 4.74 Å². The first-order valence-electron chi connectivity index (χ1n) is 10.0. The topological polar surface area (TPSA) is 40.1 Å². The van der Waals surface area contributed by atoms with Crippen molar-refractivity contribution in [2.24, 2.45) is 16.3 Å². The SMILES string of the molecule is CCN=C(NC1C2CCOC2C1(C)C)N1CCC(N2CCCC2)C1.I. The number of nitrogens with zero attached hydrogens (tertiary/aromatic N) is 3. The lowest BCUT2D eigenvalue weighted by atomic mass is 9.57. The number of guanidine groups is 1. The molecule has 1 N–H and O–H groups in total. The fraction of sp³-hybridized carbons (Fsp3) is 0.947. The average molecular weight is 462 g/mol. The van der Waals surface area contributed by atoms with Crippen LogP contribution in [0.4, 0.5) is 0 Å². The molecule has 144 valence electrons.